The van der Waals surface area contributed by atoms with Gasteiger partial charge in [0.25, 0.3) is 0 Å². The molecule has 1 aliphatic heterocycles. The fraction of sp³-hybridized carbons (Fsp3) is 0.708. The van der Waals surface area contributed by atoms with Crippen molar-refractivity contribution in [1.82, 2.24) is 14.9 Å². The molecular weight excluding hydrogens is 410 g/mol. The summed E-state index contributed by atoms with van der Waals surface area (Å²) in [6.07, 6.45) is 9.25. The molecule has 0 aromatic heterocycles. The highest BCUT2D eigenvalue weighted by Crippen LogP contribution is 2.55. The molecule has 170 valence electrons. The minimum absolute atomic E-state index is 0.00589. The third-order valence-electron chi connectivity index (χ3n) is 8.08. The Bertz CT molecular complexity index is 910. The van der Waals surface area contributed by atoms with Crippen LogP contribution in [0.15, 0.2) is 29.2 Å². The molecule has 7 heteroatoms. The van der Waals surface area contributed by atoms with Crippen LogP contribution in [-0.4, -0.2) is 43.9 Å². The normalized spacial score (nSPS) is 35.1. The molecule has 1 atom stereocenters. The van der Waals surface area contributed by atoms with E-state index in [1.54, 1.807) is 22.5 Å². The number of benzene rings is 1. The Morgan fingerprint density at radius 2 is 1.81 bits per heavy atom. The Hall–Kier alpha value is -1.60. The topological polar surface area (TPSA) is 78.5 Å². The summed E-state index contributed by atoms with van der Waals surface area (Å²) in [5.41, 5.74) is 0.948. The van der Waals surface area contributed by atoms with Gasteiger partial charge in [-0.2, -0.15) is 4.31 Å². The number of sulfonamides is 1. The maximum absolute atomic E-state index is 13.1. The molecule has 1 saturated heterocycles. The van der Waals surface area contributed by atoms with Crippen molar-refractivity contribution in [3.05, 3.63) is 29.8 Å². The van der Waals surface area contributed by atoms with Crippen molar-refractivity contribution in [2.75, 3.05) is 19.6 Å². The molecule has 1 aromatic carbocycles. The van der Waals surface area contributed by atoms with Crippen LogP contribution < -0.4 is 10.6 Å². The molecule has 4 bridgehead atoms. The standard InChI is InChI=1S/C24H35N3O3S/c1-17-4-2-6-22(8-17)31(29,30)27-7-3-5-18(16-27)15-25-23(28)26-24-12-19-9-20(13-24)11-21(10-19)14-24/h2,4,6,8,18-21H,3,5,7,9-16H2,1H3,(H2,25,26,28). The average Bonchev–Trinajstić information content (AvgIpc) is 2.71. The molecule has 2 N–H and O–H groups in total. The predicted octanol–water partition coefficient (Wildman–Crippen LogP) is 3.66. The minimum Gasteiger partial charge on any atom is -0.338 e. The maximum atomic E-state index is 13.1. The lowest BCUT2D eigenvalue weighted by atomic mass is 9.53. The van der Waals surface area contributed by atoms with Crippen LogP contribution in [0.2, 0.25) is 0 Å². The number of urea groups is 1. The number of piperidine rings is 1. The molecule has 6 rings (SSSR count). The molecule has 1 heterocycles. The number of aryl methyl sites for hydroxylation is 1. The third-order valence-corrected chi connectivity index (χ3v) is 9.94. The van der Waals surface area contributed by atoms with E-state index in [9.17, 15) is 13.2 Å². The molecule has 0 radical (unpaired) electrons. The highest BCUT2D eigenvalue weighted by Gasteiger charge is 2.51. The molecule has 1 unspecified atom stereocenters. The van der Waals surface area contributed by atoms with Crippen LogP contribution >= 0.6 is 0 Å². The second-order valence-corrected chi connectivity index (χ2v) is 12.7. The van der Waals surface area contributed by atoms with Gasteiger partial charge >= 0.3 is 6.03 Å². The van der Waals surface area contributed by atoms with Gasteiger partial charge in [0.05, 0.1) is 4.90 Å². The Morgan fingerprint density at radius 3 is 2.45 bits per heavy atom. The Kier molecular flexibility index (Phi) is 5.53. The molecule has 1 aromatic rings. The molecule has 4 saturated carbocycles. The average molecular weight is 446 g/mol. The zero-order chi connectivity index (χ0) is 21.6. The van der Waals surface area contributed by atoms with Gasteiger partial charge < -0.3 is 10.6 Å². The number of hydrogen-bond donors (Lipinski definition) is 2. The fourth-order valence-electron chi connectivity index (χ4n) is 7.12. The summed E-state index contributed by atoms with van der Waals surface area (Å²) < 4.78 is 27.7. The molecule has 4 aliphatic carbocycles. The number of carbonyl (C=O) groups is 1. The molecule has 5 fully saturated rings. The van der Waals surface area contributed by atoms with Crippen LogP contribution in [0.4, 0.5) is 4.79 Å². The predicted molar refractivity (Wildman–Crippen MR) is 120 cm³/mol. The van der Waals surface area contributed by atoms with E-state index in [0.29, 0.717) is 24.5 Å². The van der Waals surface area contributed by atoms with Crippen molar-refractivity contribution in [2.24, 2.45) is 23.7 Å². The molecule has 6 nitrogen and oxygen atoms in total. The van der Waals surface area contributed by atoms with Crippen LogP contribution in [0.3, 0.4) is 0 Å². The van der Waals surface area contributed by atoms with Crippen molar-refractivity contribution in [1.29, 1.82) is 0 Å². The van der Waals surface area contributed by atoms with E-state index < -0.39 is 10.0 Å². The van der Waals surface area contributed by atoms with Crippen molar-refractivity contribution in [3.63, 3.8) is 0 Å². The molecule has 31 heavy (non-hydrogen) atoms. The second kappa shape index (κ2) is 8.07. The monoisotopic (exact) mass is 445 g/mol. The number of nitrogens with zero attached hydrogens (tertiary/aromatic N) is 1. The number of hydrogen-bond acceptors (Lipinski definition) is 3. The molecule has 0 spiro atoms. The van der Waals surface area contributed by atoms with Crippen molar-refractivity contribution in [3.8, 4) is 0 Å². The number of carbonyl (C=O) groups excluding carboxylic acids is 1. The van der Waals surface area contributed by atoms with E-state index >= 15 is 0 Å². The summed E-state index contributed by atoms with van der Waals surface area (Å²) >= 11 is 0. The first kappa shape index (κ1) is 21.3. The lowest BCUT2D eigenvalue weighted by molar-refractivity contribution is -0.0135. The van der Waals surface area contributed by atoms with Gasteiger partial charge in [0.1, 0.15) is 0 Å². The van der Waals surface area contributed by atoms with Crippen LogP contribution in [0.25, 0.3) is 0 Å². The Labute approximate surface area is 186 Å². The van der Waals surface area contributed by atoms with E-state index in [4.69, 9.17) is 0 Å². The highest BCUT2D eigenvalue weighted by molar-refractivity contribution is 7.89. The minimum atomic E-state index is -3.49. The largest absolute Gasteiger partial charge is 0.338 e. The summed E-state index contributed by atoms with van der Waals surface area (Å²) in [5.74, 6) is 2.54. The third kappa shape index (κ3) is 4.36. The van der Waals surface area contributed by atoms with Crippen molar-refractivity contribution in [2.45, 2.75) is 68.7 Å². The van der Waals surface area contributed by atoms with Gasteiger partial charge in [-0.05, 0) is 99.7 Å². The van der Waals surface area contributed by atoms with Gasteiger partial charge in [0.15, 0.2) is 0 Å². The highest BCUT2D eigenvalue weighted by atomic mass is 32.2. The molecule has 2 amide bonds. The second-order valence-electron chi connectivity index (χ2n) is 10.7. The van der Waals surface area contributed by atoms with Gasteiger partial charge in [-0.1, -0.05) is 12.1 Å². The fourth-order valence-corrected chi connectivity index (χ4v) is 8.78. The quantitative estimate of drug-likeness (QED) is 0.726. The van der Waals surface area contributed by atoms with Gasteiger partial charge in [0, 0.05) is 25.2 Å². The molecular formula is C24H35N3O3S. The van der Waals surface area contributed by atoms with Crippen LogP contribution in [0.1, 0.15) is 56.9 Å². The Morgan fingerprint density at radius 1 is 1.13 bits per heavy atom. The zero-order valence-electron chi connectivity index (χ0n) is 18.5. The first-order chi connectivity index (χ1) is 14.8. The van der Waals surface area contributed by atoms with E-state index in [2.05, 4.69) is 10.6 Å². The first-order valence-electron chi connectivity index (χ1n) is 11.9. The van der Waals surface area contributed by atoms with Gasteiger partial charge in [0.2, 0.25) is 10.0 Å². The SMILES string of the molecule is Cc1cccc(S(=O)(=O)N2CCCC(CNC(=O)NC34CC5CC(CC(C5)C3)C4)C2)c1. The van der Waals surface area contributed by atoms with Crippen molar-refractivity contribution < 1.29 is 13.2 Å². The first-order valence-corrected chi connectivity index (χ1v) is 13.4. The van der Waals surface area contributed by atoms with Gasteiger partial charge in [-0.25, -0.2) is 13.2 Å². The smallest absolute Gasteiger partial charge is 0.315 e. The molecule has 5 aliphatic rings. The summed E-state index contributed by atoms with van der Waals surface area (Å²) in [6, 6.07) is 7.03. The lowest BCUT2D eigenvalue weighted by Gasteiger charge is -2.56. The number of rotatable bonds is 5. The van der Waals surface area contributed by atoms with Crippen molar-refractivity contribution >= 4 is 16.1 Å². The Balaban J connectivity index is 1.16. The number of nitrogens with one attached hydrogen (secondary N) is 2. The van der Waals surface area contributed by atoms with E-state index in [1.165, 1.54) is 19.3 Å². The van der Waals surface area contributed by atoms with Crippen LogP contribution in [-0.2, 0) is 10.0 Å². The van der Waals surface area contributed by atoms with E-state index in [0.717, 1.165) is 55.4 Å². The maximum Gasteiger partial charge on any atom is 0.315 e. The lowest BCUT2D eigenvalue weighted by Crippen LogP contribution is -2.61. The van der Waals surface area contributed by atoms with Gasteiger partial charge in [-0.15, -0.1) is 0 Å². The number of amides is 2. The summed E-state index contributed by atoms with van der Waals surface area (Å²) in [7, 11) is -3.49. The summed E-state index contributed by atoms with van der Waals surface area (Å²) in [4.78, 5) is 13.1. The zero-order valence-corrected chi connectivity index (χ0v) is 19.3. The van der Waals surface area contributed by atoms with Gasteiger partial charge in [-0.3, -0.25) is 0 Å². The van der Waals surface area contributed by atoms with E-state index in [1.807, 2.05) is 13.0 Å². The summed E-state index contributed by atoms with van der Waals surface area (Å²) in [6.45, 7) is 3.45. The van der Waals surface area contributed by atoms with Crippen LogP contribution in [0.5, 0.6) is 0 Å². The van der Waals surface area contributed by atoms with Crippen LogP contribution in [0, 0.1) is 30.6 Å². The summed E-state index contributed by atoms with van der Waals surface area (Å²) in [5, 5.41) is 6.43. The van der Waals surface area contributed by atoms with E-state index in [-0.39, 0.29) is 17.5 Å².